The summed E-state index contributed by atoms with van der Waals surface area (Å²) in [6.07, 6.45) is 1.37. The molecule has 0 saturated heterocycles. The van der Waals surface area contributed by atoms with Crippen LogP contribution >= 0.6 is 0 Å². The molecule has 0 saturated carbocycles. The number of hydrogen-bond acceptors (Lipinski definition) is 2. The Hall–Kier alpha value is -3.07. The summed E-state index contributed by atoms with van der Waals surface area (Å²) in [7, 11) is 0. The van der Waals surface area contributed by atoms with Crippen molar-refractivity contribution in [3.8, 4) is 11.5 Å². The summed E-state index contributed by atoms with van der Waals surface area (Å²) in [6.45, 7) is 2.12. The molecule has 0 aromatic heterocycles. The van der Waals surface area contributed by atoms with Gasteiger partial charge >= 0.3 is 0 Å². The fraction of sp³-hybridized carbons (Fsp3) is 0.136. The third-order valence-corrected chi connectivity index (χ3v) is 3.91. The third kappa shape index (κ3) is 4.95. The van der Waals surface area contributed by atoms with E-state index in [1.807, 2.05) is 66.7 Å². The highest BCUT2D eigenvalue weighted by atomic mass is 16.5. The van der Waals surface area contributed by atoms with Crippen LogP contribution in [0, 0.1) is 0 Å². The summed E-state index contributed by atoms with van der Waals surface area (Å²) in [6, 6.07) is 25.1. The minimum Gasteiger partial charge on any atom is -0.457 e. The van der Waals surface area contributed by atoms with Crippen LogP contribution in [0.1, 0.15) is 18.1 Å². The number of benzene rings is 3. The molecule has 25 heavy (non-hydrogen) atoms. The Morgan fingerprint density at radius 1 is 0.800 bits per heavy atom. The molecule has 0 aliphatic heterocycles. The van der Waals surface area contributed by atoms with Gasteiger partial charge in [0.15, 0.2) is 0 Å². The van der Waals surface area contributed by atoms with E-state index >= 15 is 0 Å². The number of carbonyl (C=O) groups is 1. The van der Waals surface area contributed by atoms with Crippen molar-refractivity contribution in [1.82, 2.24) is 0 Å². The van der Waals surface area contributed by atoms with Crippen molar-refractivity contribution in [2.75, 3.05) is 5.32 Å². The molecule has 0 bridgehead atoms. The number of nitrogens with one attached hydrogen (secondary N) is 1. The van der Waals surface area contributed by atoms with E-state index in [1.165, 1.54) is 5.56 Å². The molecule has 0 aliphatic rings. The van der Waals surface area contributed by atoms with Gasteiger partial charge in [0.25, 0.3) is 0 Å². The summed E-state index contributed by atoms with van der Waals surface area (Å²) in [5.41, 5.74) is 3.05. The smallest absolute Gasteiger partial charge is 0.228 e. The molecule has 3 aromatic carbocycles. The van der Waals surface area contributed by atoms with Gasteiger partial charge in [-0.3, -0.25) is 4.79 Å². The van der Waals surface area contributed by atoms with E-state index < -0.39 is 0 Å². The molecule has 0 aliphatic carbocycles. The Morgan fingerprint density at radius 3 is 2.04 bits per heavy atom. The van der Waals surface area contributed by atoms with Crippen LogP contribution in [0.15, 0.2) is 78.9 Å². The summed E-state index contributed by atoms with van der Waals surface area (Å²) in [4.78, 5) is 12.2. The number of aryl methyl sites for hydroxylation is 1. The van der Waals surface area contributed by atoms with E-state index in [1.54, 1.807) is 0 Å². The third-order valence-electron chi connectivity index (χ3n) is 3.91. The standard InChI is InChI=1S/C22H21NO2/c1-2-17-8-10-18(11-9-17)16-22(24)23-19-12-14-21(15-13-19)25-20-6-4-3-5-7-20/h3-15H,2,16H2,1H3,(H,23,24). The van der Waals surface area contributed by atoms with Crippen LogP contribution < -0.4 is 10.1 Å². The topological polar surface area (TPSA) is 38.3 Å². The minimum absolute atomic E-state index is 0.0269. The molecule has 0 fully saturated rings. The van der Waals surface area contributed by atoms with Crippen LogP contribution in [0.5, 0.6) is 11.5 Å². The zero-order valence-electron chi connectivity index (χ0n) is 14.2. The Bertz CT molecular complexity index is 809. The maximum Gasteiger partial charge on any atom is 0.228 e. The molecule has 0 atom stereocenters. The lowest BCUT2D eigenvalue weighted by Gasteiger charge is -2.08. The summed E-state index contributed by atoms with van der Waals surface area (Å²) < 4.78 is 5.74. The highest BCUT2D eigenvalue weighted by Gasteiger charge is 2.05. The van der Waals surface area contributed by atoms with Gasteiger partial charge in [-0.1, -0.05) is 49.4 Å². The molecular formula is C22H21NO2. The SMILES string of the molecule is CCc1ccc(CC(=O)Nc2ccc(Oc3ccccc3)cc2)cc1. The molecule has 0 spiro atoms. The van der Waals surface area contributed by atoms with Gasteiger partial charge in [0.1, 0.15) is 11.5 Å². The first-order valence-electron chi connectivity index (χ1n) is 8.43. The van der Waals surface area contributed by atoms with Gasteiger partial charge in [-0.25, -0.2) is 0 Å². The molecule has 3 heteroatoms. The van der Waals surface area contributed by atoms with E-state index in [9.17, 15) is 4.79 Å². The molecule has 0 unspecified atom stereocenters. The van der Waals surface area contributed by atoms with Crippen molar-refractivity contribution in [1.29, 1.82) is 0 Å². The van der Waals surface area contributed by atoms with Crippen LogP contribution in [0.2, 0.25) is 0 Å². The number of ether oxygens (including phenoxy) is 1. The number of amides is 1. The number of hydrogen-bond donors (Lipinski definition) is 1. The number of rotatable bonds is 6. The van der Waals surface area contributed by atoms with E-state index in [4.69, 9.17) is 4.74 Å². The van der Waals surface area contributed by atoms with Crippen molar-refractivity contribution in [2.24, 2.45) is 0 Å². The van der Waals surface area contributed by atoms with Gasteiger partial charge in [-0.2, -0.15) is 0 Å². The van der Waals surface area contributed by atoms with Gasteiger partial charge in [0.05, 0.1) is 6.42 Å². The number of carbonyl (C=O) groups excluding carboxylic acids is 1. The Kier molecular flexibility index (Phi) is 5.47. The molecule has 3 aromatic rings. The van der Waals surface area contributed by atoms with E-state index in [2.05, 4.69) is 24.4 Å². The average molecular weight is 331 g/mol. The first kappa shape index (κ1) is 16.8. The zero-order valence-corrected chi connectivity index (χ0v) is 14.2. The fourth-order valence-corrected chi connectivity index (χ4v) is 2.51. The lowest BCUT2D eigenvalue weighted by Crippen LogP contribution is -2.14. The van der Waals surface area contributed by atoms with Crippen LogP contribution in [0.3, 0.4) is 0 Å². The second kappa shape index (κ2) is 8.15. The quantitative estimate of drug-likeness (QED) is 0.672. The predicted molar refractivity (Wildman–Crippen MR) is 101 cm³/mol. The maximum absolute atomic E-state index is 12.2. The average Bonchev–Trinajstić information content (AvgIpc) is 2.65. The van der Waals surface area contributed by atoms with Gasteiger partial charge in [0, 0.05) is 5.69 Å². The Morgan fingerprint density at radius 2 is 1.40 bits per heavy atom. The second-order valence-electron chi connectivity index (χ2n) is 5.83. The van der Waals surface area contributed by atoms with E-state index in [0.29, 0.717) is 6.42 Å². The first-order chi connectivity index (χ1) is 12.2. The van der Waals surface area contributed by atoms with Gasteiger partial charge in [-0.15, -0.1) is 0 Å². The Balaban J connectivity index is 1.56. The second-order valence-corrected chi connectivity index (χ2v) is 5.83. The van der Waals surface area contributed by atoms with Gasteiger partial charge in [0.2, 0.25) is 5.91 Å². The highest BCUT2D eigenvalue weighted by molar-refractivity contribution is 5.92. The molecule has 126 valence electrons. The van der Waals surface area contributed by atoms with Crippen LogP contribution in [-0.2, 0) is 17.6 Å². The van der Waals surface area contributed by atoms with Crippen LogP contribution in [0.25, 0.3) is 0 Å². The van der Waals surface area contributed by atoms with E-state index in [-0.39, 0.29) is 5.91 Å². The van der Waals surface area contributed by atoms with Crippen LogP contribution in [-0.4, -0.2) is 5.91 Å². The molecular weight excluding hydrogens is 310 g/mol. The Labute approximate surface area is 148 Å². The maximum atomic E-state index is 12.2. The van der Waals surface area contributed by atoms with Crippen molar-refractivity contribution >= 4 is 11.6 Å². The molecule has 0 heterocycles. The molecule has 1 amide bonds. The molecule has 0 radical (unpaired) electrons. The van der Waals surface area contributed by atoms with Crippen molar-refractivity contribution < 1.29 is 9.53 Å². The van der Waals surface area contributed by atoms with E-state index in [0.717, 1.165) is 29.2 Å². The highest BCUT2D eigenvalue weighted by Crippen LogP contribution is 2.22. The first-order valence-corrected chi connectivity index (χ1v) is 8.43. The molecule has 3 rings (SSSR count). The van der Waals surface area contributed by atoms with Crippen LogP contribution in [0.4, 0.5) is 5.69 Å². The molecule has 1 N–H and O–H groups in total. The summed E-state index contributed by atoms with van der Waals surface area (Å²) in [5.74, 6) is 1.50. The minimum atomic E-state index is -0.0269. The van der Waals surface area contributed by atoms with Gasteiger partial charge < -0.3 is 10.1 Å². The molecule has 3 nitrogen and oxygen atoms in total. The van der Waals surface area contributed by atoms with Crippen molar-refractivity contribution in [2.45, 2.75) is 19.8 Å². The zero-order chi connectivity index (χ0) is 17.5. The number of anilines is 1. The van der Waals surface area contributed by atoms with Gasteiger partial charge in [-0.05, 0) is 53.9 Å². The number of para-hydroxylation sites is 1. The normalized spacial score (nSPS) is 10.3. The largest absolute Gasteiger partial charge is 0.457 e. The lowest BCUT2D eigenvalue weighted by atomic mass is 10.1. The van der Waals surface area contributed by atoms with Crippen molar-refractivity contribution in [3.63, 3.8) is 0 Å². The monoisotopic (exact) mass is 331 g/mol. The summed E-state index contributed by atoms with van der Waals surface area (Å²) in [5, 5.41) is 2.92. The summed E-state index contributed by atoms with van der Waals surface area (Å²) >= 11 is 0. The fourth-order valence-electron chi connectivity index (χ4n) is 2.51. The van der Waals surface area contributed by atoms with Crippen molar-refractivity contribution in [3.05, 3.63) is 90.0 Å². The lowest BCUT2D eigenvalue weighted by molar-refractivity contribution is -0.115. The predicted octanol–water partition coefficient (Wildman–Crippen LogP) is 5.22.